The summed E-state index contributed by atoms with van der Waals surface area (Å²) in [4.78, 5) is 10.3. The highest BCUT2D eigenvalue weighted by Gasteiger charge is 2.34. The average Bonchev–Trinajstić information content (AvgIpc) is 3.35. The van der Waals surface area contributed by atoms with Crippen molar-refractivity contribution in [2.75, 3.05) is 0 Å². The van der Waals surface area contributed by atoms with Gasteiger partial charge in [0.15, 0.2) is 0 Å². The van der Waals surface area contributed by atoms with Crippen LogP contribution in [-0.2, 0) is 9.53 Å². The lowest BCUT2D eigenvalue weighted by Gasteiger charge is -1.98. The van der Waals surface area contributed by atoms with Crippen LogP contribution in [0.15, 0.2) is 72.9 Å². The minimum Gasteiger partial charge on any atom is -0.550 e. The molecule has 0 aliphatic carbocycles. The SMILES string of the molecule is CC/C=C\C[C@H](O)/C=C/C=C\C=C\C=C\C1OC1C/C=C\CCC(=O)[O-]. The van der Waals surface area contributed by atoms with Crippen LogP contribution in [0.3, 0.4) is 0 Å². The number of aliphatic carboxylic acids is 1. The van der Waals surface area contributed by atoms with Gasteiger partial charge in [-0.15, -0.1) is 0 Å². The van der Waals surface area contributed by atoms with Gasteiger partial charge in [0.05, 0.1) is 12.2 Å². The van der Waals surface area contributed by atoms with Crippen molar-refractivity contribution in [3.8, 4) is 0 Å². The second-order valence-electron chi connectivity index (χ2n) is 5.98. The number of allylic oxidation sites excluding steroid dienone is 8. The third-order valence-electron chi connectivity index (χ3n) is 3.64. The molecule has 0 aromatic heterocycles. The van der Waals surface area contributed by atoms with Crippen LogP contribution in [0.2, 0.25) is 0 Å². The molecule has 0 amide bonds. The summed E-state index contributed by atoms with van der Waals surface area (Å²) in [5.74, 6) is -1.02. The monoisotopic (exact) mass is 357 g/mol. The Balaban J connectivity index is 2.11. The van der Waals surface area contributed by atoms with Crippen molar-refractivity contribution in [2.45, 2.75) is 57.3 Å². The number of ether oxygens (including phenoxy) is 1. The summed E-state index contributed by atoms with van der Waals surface area (Å²) >= 11 is 0. The number of hydrogen-bond acceptors (Lipinski definition) is 4. The number of aliphatic hydroxyl groups excluding tert-OH is 1. The molecule has 4 nitrogen and oxygen atoms in total. The predicted molar refractivity (Wildman–Crippen MR) is 103 cm³/mol. The van der Waals surface area contributed by atoms with Crippen LogP contribution >= 0.6 is 0 Å². The molecule has 1 N–H and O–H groups in total. The Morgan fingerprint density at radius 3 is 2.54 bits per heavy atom. The number of aliphatic hydroxyl groups is 1. The van der Waals surface area contributed by atoms with Crippen LogP contribution in [0.25, 0.3) is 0 Å². The van der Waals surface area contributed by atoms with Gasteiger partial charge in [0.1, 0.15) is 6.10 Å². The first kappa shape index (κ1) is 21.9. The highest BCUT2D eigenvalue weighted by atomic mass is 16.6. The summed E-state index contributed by atoms with van der Waals surface area (Å²) in [7, 11) is 0. The molecule has 0 aromatic carbocycles. The first-order chi connectivity index (χ1) is 12.6. The highest BCUT2D eigenvalue weighted by molar-refractivity contribution is 5.64. The molecule has 1 rings (SSSR count). The minimum absolute atomic E-state index is 0.0632. The predicted octanol–water partition coefficient (Wildman–Crippen LogP) is 3.17. The molecule has 0 radical (unpaired) electrons. The van der Waals surface area contributed by atoms with Crippen molar-refractivity contribution in [3.05, 3.63) is 72.9 Å². The molecule has 0 aromatic rings. The topological polar surface area (TPSA) is 72.9 Å². The van der Waals surface area contributed by atoms with E-state index >= 15 is 0 Å². The van der Waals surface area contributed by atoms with E-state index in [0.29, 0.717) is 12.8 Å². The van der Waals surface area contributed by atoms with Crippen molar-refractivity contribution < 1.29 is 19.7 Å². The van der Waals surface area contributed by atoms with Gasteiger partial charge in [-0.3, -0.25) is 0 Å². The third-order valence-corrected chi connectivity index (χ3v) is 3.64. The zero-order chi connectivity index (χ0) is 19.0. The molecule has 26 heavy (non-hydrogen) atoms. The van der Waals surface area contributed by atoms with E-state index in [9.17, 15) is 15.0 Å². The summed E-state index contributed by atoms with van der Waals surface area (Å²) in [6.07, 6.45) is 25.9. The molecule has 1 fully saturated rings. The number of carboxylic acid groups (broad SMARTS) is 1. The number of carbonyl (C=O) groups is 1. The van der Waals surface area contributed by atoms with Crippen LogP contribution in [0.4, 0.5) is 0 Å². The van der Waals surface area contributed by atoms with Gasteiger partial charge >= 0.3 is 0 Å². The number of rotatable bonds is 13. The van der Waals surface area contributed by atoms with Crippen LogP contribution in [-0.4, -0.2) is 29.4 Å². The van der Waals surface area contributed by atoms with E-state index in [0.717, 1.165) is 12.8 Å². The van der Waals surface area contributed by atoms with Gasteiger partial charge in [-0.05, 0) is 32.1 Å². The zero-order valence-corrected chi connectivity index (χ0v) is 15.4. The normalized spacial score (nSPS) is 22.1. The molecule has 0 saturated carbocycles. The molecule has 4 heteroatoms. The molecule has 1 heterocycles. The first-order valence-corrected chi connectivity index (χ1v) is 9.15. The fourth-order valence-electron chi connectivity index (χ4n) is 2.17. The van der Waals surface area contributed by atoms with Crippen molar-refractivity contribution >= 4 is 5.97 Å². The van der Waals surface area contributed by atoms with Gasteiger partial charge in [-0.2, -0.15) is 0 Å². The Morgan fingerprint density at radius 2 is 1.81 bits per heavy atom. The van der Waals surface area contributed by atoms with Gasteiger partial charge in [0, 0.05) is 5.97 Å². The summed E-state index contributed by atoms with van der Waals surface area (Å²) in [5, 5.41) is 19.9. The molecular formula is C22H29O4-. The van der Waals surface area contributed by atoms with E-state index in [1.54, 1.807) is 6.08 Å². The zero-order valence-electron chi connectivity index (χ0n) is 15.4. The Kier molecular flexibility index (Phi) is 11.8. The lowest BCUT2D eigenvalue weighted by Crippen LogP contribution is -2.21. The number of carbonyl (C=O) groups excluding carboxylic acids is 1. The van der Waals surface area contributed by atoms with Gasteiger partial charge in [-0.1, -0.05) is 79.8 Å². The second-order valence-corrected chi connectivity index (χ2v) is 5.98. The lowest BCUT2D eigenvalue weighted by atomic mass is 10.2. The summed E-state index contributed by atoms with van der Waals surface area (Å²) in [5.41, 5.74) is 0. The van der Waals surface area contributed by atoms with E-state index in [2.05, 4.69) is 6.92 Å². The average molecular weight is 357 g/mol. The summed E-state index contributed by atoms with van der Waals surface area (Å²) in [6.45, 7) is 2.07. The molecule has 0 bridgehead atoms. The van der Waals surface area contributed by atoms with Crippen molar-refractivity contribution in [3.63, 3.8) is 0 Å². The smallest absolute Gasteiger partial charge is 0.103 e. The van der Waals surface area contributed by atoms with Crippen molar-refractivity contribution in [1.82, 2.24) is 0 Å². The Hall–Kier alpha value is -2.17. The highest BCUT2D eigenvalue weighted by Crippen LogP contribution is 2.26. The molecule has 2 unspecified atom stereocenters. The maximum Gasteiger partial charge on any atom is 0.103 e. The number of epoxide rings is 1. The van der Waals surface area contributed by atoms with E-state index < -0.39 is 12.1 Å². The van der Waals surface area contributed by atoms with Crippen LogP contribution < -0.4 is 5.11 Å². The first-order valence-electron chi connectivity index (χ1n) is 9.15. The Morgan fingerprint density at radius 1 is 1.08 bits per heavy atom. The van der Waals surface area contributed by atoms with Gasteiger partial charge in [0.2, 0.25) is 0 Å². The minimum atomic E-state index is -1.02. The maximum atomic E-state index is 10.3. The lowest BCUT2D eigenvalue weighted by molar-refractivity contribution is -0.305. The molecular weight excluding hydrogens is 328 g/mol. The number of hydrogen-bond donors (Lipinski definition) is 1. The Bertz CT molecular complexity index is 567. The standard InChI is InChI=1S/C22H30O4/c1-2-3-9-14-19(23)15-10-6-4-5-7-11-16-20-21(26-20)17-12-8-13-18-22(24)25/h3-12,15-16,19-21,23H,2,13-14,17-18H2,1H3,(H,24,25)/p-1/b6-4-,7-5+,9-3-,12-8-,15-10+,16-11+/t19-,20?,21?/m0/s1. The molecule has 1 aliphatic rings. The number of carboxylic acids is 1. The third kappa shape index (κ3) is 12.2. The van der Waals surface area contributed by atoms with Crippen LogP contribution in [0.5, 0.6) is 0 Å². The van der Waals surface area contributed by atoms with E-state index in [1.165, 1.54) is 0 Å². The summed E-state index contributed by atoms with van der Waals surface area (Å²) in [6, 6.07) is 0. The van der Waals surface area contributed by atoms with Gasteiger partial charge in [0.25, 0.3) is 0 Å². The molecule has 142 valence electrons. The fourth-order valence-corrected chi connectivity index (χ4v) is 2.17. The summed E-state index contributed by atoms with van der Waals surface area (Å²) < 4.78 is 5.49. The van der Waals surface area contributed by atoms with Crippen LogP contribution in [0.1, 0.15) is 39.0 Å². The molecule has 1 aliphatic heterocycles. The molecule has 3 atom stereocenters. The molecule has 1 saturated heterocycles. The van der Waals surface area contributed by atoms with Gasteiger partial charge < -0.3 is 19.7 Å². The van der Waals surface area contributed by atoms with Crippen molar-refractivity contribution in [1.29, 1.82) is 0 Å². The van der Waals surface area contributed by atoms with E-state index in [1.807, 2.05) is 66.8 Å². The van der Waals surface area contributed by atoms with Crippen molar-refractivity contribution in [2.24, 2.45) is 0 Å². The van der Waals surface area contributed by atoms with Gasteiger partial charge in [-0.25, -0.2) is 0 Å². The largest absolute Gasteiger partial charge is 0.550 e. The molecule has 0 spiro atoms. The fraction of sp³-hybridized carbons (Fsp3) is 0.409. The Labute approximate surface area is 156 Å². The van der Waals surface area contributed by atoms with E-state index in [4.69, 9.17) is 4.74 Å². The van der Waals surface area contributed by atoms with E-state index in [-0.39, 0.29) is 18.6 Å². The maximum absolute atomic E-state index is 10.3. The quantitative estimate of drug-likeness (QED) is 0.312. The second kappa shape index (κ2) is 14.0. The van der Waals surface area contributed by atoms with Crippen LogP contribution in [0, 0.1) is 0 Å².